The highest BCUT2D eigenvalue weighted by molar-refractivity contribution is 5.67. The minimum atomic E-state index is -4.66. The Labute approximate surface area is 113 Å². The molecule has 0 fully saturated rings. The average molecular weight is 293 g/mol. The zero-order valence-corrected chi connectivity index (χ0v) is 11.0. The molecular weight excluding hydrogens is 278 g/mol. The number of hydrogen-bond donors (Lipinski definition) is 1. The lowest BCUT2D eigenvalue weighted by Crippen LogP contribution is -2.44. The molecule has 7 heteroatoms. The van der Waals surface area contributed by atoms with Gasteiger partial charge in [0.25, 0.3) is 0 Å². The summed E-state index contributed by atoms with van der Waals surface area (Å²) in [5.41, 5.74) is 1.04. The summed E-state index contributed by atoms with van der Waals surface area (Å²) in [4.78, 5) is 11.4. The molecule has 0 saturated heterocycles. The summed E-state index contributed by atoms with van der Waals surface area (Å²) >= 11 is 0. The lowest BCUT2D eigenvalue weighted by molar-refractivity contribution is -0.188. The molecule has 0 saturated carbocycles. The van der Waals surface area contributed by atoms with E-state index in [9.17, 15) is 22.4 Å². The van der Waals surface area contributed by atoms with Crippen molar-refractivity contribution in [1.29, 1.82) is 0 Å². The van der Waals surface area contributed by atoms with Gasteiger partial charge in [-0.05, 0) is 37.2 Å². The third-order valence-electron chi connectivity index (χ3n) is 3.01. The number of halogens is 4. The normalized spacial score (nSPS) is 13.6. The third-order valence-corrected chi connectivity index (χ3v) is 3.01. The molecule has 0 heterocycles. The molecule has 1 N–H and O–H groups in total. The summed E-state index contributed by atoms with van der Waals surface area (Å²) in [5.74, 6) is -2.07. The van der Waals surface area contributed by atoms with Crippen LogP contribution >= 0.6 is 0 Å². The van der Waals surface area contributed by atoms with Crippen LogP contribution in [0, 0.1) is 12.7 Å². The van der Waals surface area contributed by atoms with Crippen LogP contribution in [0.4, 0.5) is 17.6 Å². The second-order valence-electron chi connectivity index (χ2n) is 4.64. The van der Waals surface area contributed by atoms with Crippen LogP contribution in [0.5, 0.6) is 0 Å². The molecule has 0 bridgehead atoms. The van der Waals surface area contributed by atoms with E-state index < -0.39 is 30.4 Å². The first-order valence-electron chi connectivity index (χ1n) is 5.85. The minimum Gasteiger partial charge on any atom is -0.481 e. The third kappa shape index (κ3) is 4.48. The number of carboxylic acids is 1. The molecule has 0 amide bonds. The molecule has 0 aliphatic carbocycles. The van der Waals surface area contributed by atoms with Crippen molar-refractivity contribution >= 4 is 5.97 Å². The Balaban J connectivity index is 2.93. The first kappa shape index (κ1) is 16.4. The number of rotatable bonds is 5. The highest BCUT2D eigenvalue weighted by Crippen LogP contribution is 2.28. The van der Waals surface area contributed by atoms with Crippen molar-refractivity contribution in [2.75, 3.05) is 7.05 Å². The van der Waals surface area contributed by atoms with E-state index in [0.717, 1.165) is 11.0 Å². The van der Waals surface area contributed by atoms with Crippen LogP contribution < -0.4 is 0 Å². The number of carboxylic acid groups (broad SMARTS) is 1. The Morgan fingerprint density at radius 1 is 1.40 bits per heavy atom. The molecule has 1 unspecified atom stereocenters. The Hall–Kier alpha value is -1.63. The Kier molecular flexibility index (Phi) is 5.10. The van der Waals surface area contributed by atoms with Crippen LogP contribution in [0.3, 0.4) is 0 Å². The fraction of sp³-hybridized carbons (Fsp3) is 0.462. The lowest BCUT2D eigenvalue weighted by Gasteiger charge is -2.29. The molecular formula is C13H15F4NO2. The topological polar surface area (TPSA) is 40.5 Å². The number of hydrogen-bond acceptors (Lipinski definition) is 2. The van der Waals surface area contributed by atoms with E-state index >= 15 is 0 Å². The fourth-order valence-corrected chi connectivity index (χ4v) is 1.88. The number of aliphatic carboxylic acids is 1. The predicted octanol–water partition coefficient (Wildman–Crippen LogP) is 2.97. The van der Waals surface area contributed by atoms with Gasteiger partial charge >= 0.3 is 12.1 Å². The van der Waals surface area contributed by atoms with E-state index in [0.29, 0.717) is 11.1 Å². The zero-order chi connectivity index (χ0) is 15.5. The molecule has 1 aromatic carbocycles. The SMILES string of the molecule is Cc1ccc(F)cc1CN(C)C(CC(=O)O)C(F)(F)F. The molecule has 0 aliphatic rings. The molecule has 0 aromatic heterocycles. The zero-order valence-electron chi connectivity index (χ0n) is 11.0. The van der Waals surface area contributed by atoms with Crippen molar-refractivity contribution < 1.29 is 27.5 Å². The molecule has 1 rings (SSSR count). The van der Waals surface area contributed by atoms with Crippen LogP contribution in [0.1, 0.15) is 17.5 Å². The van der Waals surface area contributed by atoms with Crippen molar-refractivity contribution in [3.8, 4) is 0 Å². The van der Waals surface area contributed by atoms with Crippen molar-refractivity contribution in [2.24, 2.45) is 0 Å². The van der Waals surface area contributed by atoms with Crippen LogP contribution in [0.15, 0.2) is 18.2 Å². The molecule has 20 heavy (non-hydrogen) atoms. The minimum absolute atomic E-state index is 0.180. The second-order valence-corrected chi connectivity index (χ2v) is 4.64. The van der Waals surface area contributed by atoms with Crippen molar-refractivity contribution in [3.63, 3.8) is 0 Å². The van der Waals surface area contributed by atoms with Crippen molar-refractivity contribution in [3.05, 3.63) is 35.1 Å². The standard InChI is InChI=1S/C13H15F4NO2/c1-8-3-4-10(14)5-9(8)7-18(2)11(6-12(19)20)13(15,16)17/h3-5,11H,6-7H2,1-2H3,(H,19,20). The molecule has 0 aliphatic heterocycles. The Morgan fingerprint density at radius 3 is 2.50 bits per heavy atom. The Morgan fingerprint density at radius 2 is 2.00 bits per heavy atom. The number of aryl methyl sites for hydroxylation is 1. The maximum atomic E-state index is 13.1. The van der Waals surface area contributed by atoms with Gasteiger partial charge in [0.15, 0.2) is 0 Å². The highest BCUT2D eigenvalue weighted by atomic mass is 19.4. The quantitative estimate of drug-likeness (QED) is 0.849. The molecule has 0 radical (unpaired) electrons. The summed E-state index contributed by atoms with van der Waals surface area (Å²) in [6.45, 7) is 1.48. The maximum Gasteiger partial charge on any atom is 0.404 e. The first-order chi connectivity index (χ1) is 9.11. The van der Waals surface area contributed by atoms with Gasteiger partial charge in [-0.3, -0.25) is 9.69 Å². The van der Waals surface area contributed by atoms with Crippen LogP contribution in [-0.2, 0) is 11.3 Å². The summed E-state index contributed by atoms with van der Waals surface area (Å²) in [6, 6.07) is 1.73. The van der Waals surface area contributed by atoms with Crippen LogP contribution in [0.2, 0.25) is 0 Å². The van der Waals surface area contributed by atoms with Crippen LogP contribution in [-0.4, -0.2) is 35.2 Å². The van der Waals surface area contributed by atoms with Crippen LogP contribution in [0.25, 0.3) is 0 Å². The van der Waals surface area contributed by atoms with E-state index in [4.69, 9.17) is 5.11 Å². The van der Waals surface area contributed by atoms with Gasteiger partial charge in [0.05, 0.1) is 6.42 Å². The molecule has 112 valence electrons. The average Bonchev–Trinajstić information content (AvgIpc) is 2.29. The van der Waals surface area contributed by atoms with Gasteiger partial charge in [-0.15, -0.1) is 0 Å². The van der Waals surface area contributed by atoms with Crippen molar-refractivity contribution in [1.82, 2.24) is 4.90 Å². The summed E-state index contributed by atoms with van der Waals surface area (Å²) in [5, 5.41) is 8.57. The van der Waals surface area contributed by atoms with Gasteiger partial charge < -0.3 is 5.11 Å². The predicted molar refractivity (Wildman–Crippen MR) is 64.7 cm³/mol. The van der Waals surface area contributed by atoms with Gasteiger partial charge in [0.2, 0.25) is 0 Å². The van der Waals surface area contributed by atoms with Crippen molar-refractivity contribution in [2.45, 2.75) is 32.1 Å². The largest absolute Gasteiger partial charge is 0.481 e. The molecule has 1 atom stereocenters. The Bertz CT molecular complexity index is 488. The highest BCUT2D eigenvalue weighted by Gasteiger charge is 2.43. The number of carbonyl (C=O) groups is 1. The van der Waals surface area contributed by atoms with Gasteiger partial charge in [0.1, 0.15) is 11.9 Å². The van der Waals surface area contributed by atoms with Gasteiger partial charge in [-0.2, -0.15) is 13.2 Å². The first-order valence-corrected chi connectivity index (χ1v) is 5.85. The van der Waals surface area contributed by atoms with E-state index in [-0.39, 0.29) is 6.54 Å². The lowest BCUT2D eigenvalue weighted by atomic mass is 10.1. The van der Waals surface area contributed by atoms with E-state index in [2.05, 4.69) is 0 Å². The van der Waals surface area contributed by atoms with E-state index in [1.807, 2.05) is 0 Å². The molecule has 1 aromatic rings. The van der Waals surface area contributed by atoms with E-state index in [1.165, 1.54) is 19.2 Å². The number of benzene rings is 1. The number of alkyl halides is 3. The van der Waals surface area contributed by atoms with Gasteiger partial charge in [0, 0.05) is 6.54 Å². The van der Waals surface area contributed by atoms with Gasteiger partial charge in [-0.25, -0.2) is 4.39 Å². The summed E-state index contributed by atoms with van der Waals surface area (Å²) in [6.07, 6.45) is -5.71. The maximum absolute atomic E-state index is 13.1. The second kappa shape index (κ2) is 6.21. The molecule has 0 spiro atoms. The molecule has 3 nitrogen and oxygen atoms in total. The van der Waals surface area contributed by atoms with Gasteiger partial charge in [-0.1, -0.05) is 6.07 Å². The number of nitrogens with zero attached hydrogens (tertiary/aromatic N) is 1. The fourth-order valence-electron chi connectivity index (χ4n) is 1.88. The summed E-state index contributed by atoms with van der Waals surface area (Å²) < 4.78 is 51.6. The summed E-state index contributed by atoms with van der Waals surface area (Å²) in [7, 11) is 1.17. The smallest absolute Gasteiger partial charge is 0.404 e. The van der Waals surface area contributed by atoms with E-state index in [1.54, 1.807) is 6.92 Å². The monoisotopic (exact) mass is 293 g/mol.